The van der Waals surface area contributed by atoms with Crippen LogP contribution < -0.4 is 5.48 Å². The molecular formula is C22H16N2O4. The van der Waals surface area contributed by atoms with Crippen molar-refractivity contribution in [3.8, 4) is 28.2 Å². The average Bonchev–Trinajstić information content (AvgIpc) is 3.15. The summed E-state index contributed by atoms with van der Waals surface area (Å²) in [6.45, 7) is 0. The van der Waals surface area contributed by atoms with Gasteiger partial charge in [0.2, 0.25) is 0 Å². The Bertz CT molecular complexity index is 1180. The van der Waals surface area contributed by atoms with E-state index in [0.29, 0.717) is 11.3 Å². The van der Waals surface area contributed by atoms with E-state index in [1.807, 2.05) is 36.4 Å². The number of nitrogens with one attached hydrogen (secondary N) is 1. The van der Waals surface area contributed by atoms with Crippen molar-refractivity contribution in [3.63, 3.8) is 0 Å². The molecule has 0 spiro atoms. The standard InChI is InChI=1S/C22H16N2O4/c25-18-3-1-2-17(13-18)15-6-8-16(9-7-15)22-19-12-14(5-11-21(26)23-27)4-10-20(19)24-28-22/h1-13,25,27H,(H,23,26)/b11-5+. The Morgan fingerprint density at radius 2 is 1.75 bits per heavy atom. The van der Waals surface area contributed by atoms with E-state index in [4.69, 9.17) is 9.73 Å². The Hall–Kier alpha value is -3.90. The lowest BCUT2D eigenvalue weighted by atomic mass is 10.0. The molecule has 3 N–H and O–H groups in total. The number of nitrogens with zero attached hydrogens (tertiary/aromatic N) is 1. The molecule has 0 saturated heterocycles. The van der Waals surface area contributed by atoms with E-state index in [9.17, 15) is 9.90 Å². The van der Waals surface area contributed by atoms with Crippen LogP contribution in [0, 0.1) is 0 Å². The molecule has 4 rings (SSSR count). The van der Waals surface area contributed by atoms with Crippen molar-refractivity contribution in [2.45, 2.75) is 0 Å². The highest BCUT2D eigenvalue weighted by Crippen LogP contribution is 2.32. The summed E-state index contributed by atoms with van der Waals surface area (Å²) in [6, 6.07) is 20.3. The zero-order valence-electron chi connectivity index (χ0n) is 14.7. The maximum atomic E-state index is 11.2. The van der Waals surface area contributed by atoms with Crippen LogP contribution in [0.3, 0.4) is 0 Å². The number of phenols is 1. The second-order valence-corrected chi connectivity index (χ2v) is 6.23. The summed E-state index contributed by atoms with van der Waals surface area (Å²) in [5.41, 5.74) is 5.79. The first-order valence-corrected chi connectivity index (χ1v) is 8.55. The number of phenolic OH excluding ortho intramolecular Hbond substituents is 1. The van der Waals surface area contributed by atoms with Crippen LogP contribution in [0.2, 0.25) is 0 Å². The van der Waals surface area contributed by atoms with Gasteiger partial charge in [-0.1, -0.05) is 47.6 Å². The van der Waals surface area contributed by atoms with E-state index in [1.54, 1.807) is 41.9 Å². The van der Waals surface area contributed by atoms with E-state index in [-0.39, 0.29) is 5.75 Å². The summed E-state index contributed by atoms with van der Waals surface area (Å²) in [7, 11) is 0. The van der Waals surface area contributed by atoms with Gasteiger partial charge in [0.15, 0.2) is 5.76 Å². The summed E-state index contributed by atoms with van der Waals surface area (Å²) >= 11 is 0. The molecule has 3 aromatic carbocycles. The molecule has 1 aromatic heterocycles. The van der Waals surface area contributed by atoms with Crippen LogP contribution in [0.5, 0.6) is 5.75 Å². The van der Waals surface area contributed by atoms with Gasteiger partial charge in [0.05, 0.1) is 5.39 Å². The molecule has 0 radical (unpaired) electrons. The van der Waals surface area contributed by atoms with Crippen LogP contribution in [-0.4, -0.2) is 21.4 Å². The summed E-state index contributed by atoms with van der Waals surface area (Å²) in [6.07, 6.45) is 2.82. The minimum Gasteiger partial charge on any atom is -0.508 e. The zero-order chi connectivity index (χ0) is 19.5. The third-order valence-corrected chi connectivity index (χ3v) is 4.36. The third kappa shape index (κ3) is 3.49. The summed E-state index contributed by atoms with van der Waals surface area (Å²) < 4.78 is 5.53. The number of benzene rings is 3. The van der Waals surface area contributed by atoms with Crippen LogP contribution in [-0.2, 0) is 4.79 Å². The summed E-state index contributed by atoms with van der Waals surface area (Å²) in [5.74, 6) is 0.241. The van der Waals surface area contributed by atoms with Crippen molar-refractivity contribution in [1.82, 2.24) is 10.6 Å². The van der Waals surface area contributed by atoms with E-state index in [2.05, 4.69) is 5.16 Å². The highest BCUT2D eigenvalue weighted by molar-refractivity contribution is 5.95. The molecule has 6 nitrogen and oxygen atoms in total. The quantitative estimate of drug-likeness (QED) is 0.281. The SMILES string of the molecule is O=C(/C=C/c1ccc2noc(-c3ccc(-c4cccc(O)c4)cc3)c2c1)NO. The number of hydrogen-bond donors (Lipinski definition) is 3. The zero-order valence-corrected chi connectivity index (χ0v) is 14.7. The van der Waals surface area contributed by atoms with E-state index in [0.717, 1.165) is 27.6 Å². The molecule has 0 bridgehead atoms. The maximum Gasteiger partial charge on any atom is 0.267 e. The molecule has 0 saturated carbocycles. The molecule has 28 heavy (non-hydrogen) atoms. The number of fused-ring (bicyclic) bond motifs is 1. The average molecular weight is 372 g/mol. The minimum atomic E-state index is -0.604. The largest absolute Gasteiger partial charge is 0.508 e. The molecule has 0 atom stereocenters. The molecule has 0 aliphatic heterocycles. The molecule has 1 heterocycles. The molecule has 0 unspecified atom stereocenters. The highest BCUT2D eigenvalue weighted by Gasteiger charge is 2.11. The third-order valence-electron chi connectivity index (χ3n) is 4.36. The van der Waals surface area contributed by atoms with Crippen LogP contribution in [0.1, 0.15) is 5.56 Å². The predicted octanol–water partition coefficient (Wildman–Crippen LogP) is 4.39. The highest BCUT2D eigenvalue weighted by atomic mass is 16.5. The topological polar surface area (TPSA) is 95.6 Å². The second kappa shape index (κ2) is 7.38. The van der Waals surface area contributed by atoms with Gasteiger partial charge in [-0.2, -0.15) is 0 Å². The predicted molar refractivity (Wildman–Crippen MR) is 106 cm³/mol. The number of carbonyl (C=O) groups excluding carboxylic acids is 1. The fourth-order valence-electron chi connectivity index (χ4n) is 2.98. The van der Waals surface area contributed by atoms with Gasteiger partial charge in [-0.05, 0) is 47.0 Å². The summed E-state index contributed by atoms with van der Waals surface area (Å²) in [5, 5.41) is 23.1. The molecule has 0 aliphatic rings. The number of aromatic nitrogens is 1. The van der Waals surface area contributed by atoms with Gasteiger partial charge >= 0.3 is 0 Å². The lowest BCUT2D eigenvalue weighted by Crippen LogP contribution is -2.14. The van der Waals surface area contributed by atoms with E-state index >= 15 is 0 Å². The number of hydroxylamine groups is 1. The number of hydrogen-bond acceptors (Lipinski definition) is 5. The van der Waals surface area contributed by atoms with Gasteiger partial charge in [-0.3, -0.25) is 10.0 Å². The van der Waals surface area contributed by atoms with Crippen LogP contribution >= 0.6 is 0 Å². The second-order valence-electron chi connectivity index (χ2n) is 6.23. The Balaban J connectivity index is 1.68. The number of amides is 1. The van der Waals surface area contributed by atoms with Crippen molar-refractivity contribution in [3.05, 3.63) is 78.4 Å². The van der Waals surface area contributed by atoms with Crippen molar-refractivity contribution in [2.24, 2.45) is 0 Å². The normalized spacial score (nSPS) is 11.2. The molecule has 0 aliphatic carbocycles. The van der Waals surface area contributed by atoms with Crippen molar-refractivity contribution in [2.75, 3.05) is 0 Å². The Kier molecular flexibility index (Phi) is 4.62. The Morgan fingerprint density at radius 3 is 2.50 bits per heavy atom. The van der Waals surface area contributed by atoms with Gasteiger partial charge < -0.3 is 9.63 Å². The fraction of sp³-hybridized carbons (Fsp3) is 0. The van der Waals surface area contributed by atoms with E-state index in [1.165, 1.54) is 6.08 Å². The number of carbonyl (C=O) groups is 1. The molecule has 6 heteroatoms. The van der Waals surface area contributed by atoms with Crippen molar-refractivity contribution >= 4 is 22.9 Å². The first kappa shape index (κ1) is 17.5. The van der Waals surface area contributed by atoms with Gasteiger partial charge in [0, 0.05) is 11.6 Å². The Labute approximate surface area is 160 Å². The molecule has 0 fully saturated rings. The van der Waals surface area contributed by atoms with Gasteiger partial charge in [-0.15, -0.1) is 0 Å². The van der Waals surface area contributed by atoms with Crippen molar-refractivity contribution < 1.29 is 19.6 Å². The van der Waals surface area contributed by atoms with Crippen LogP contribution in [0.15, 0.2) is 77.3 Å². The smallest absolute Gasteiger partial charge is 0.267 e. The minimum absolute atomic E-state index is 0.221. The Morgan fingerprint density at radius 1 is 0.964 bits per heavy atom. The molecular weight excluding hydrogens is 356 g/mol. The van der Waals surface area contributed by atoms with Crippen LogP contribution in [0.4, 0.5) is 0 Å². The first-order valence-electron chi connectivity index (χ1n) is 8.55. The van der Waals surface area contributed by atoms with Gasteiger partial charge in [-0.25, -0.2) is 5.48 Å². The maximum absolute atomic E-state index is 11.2. The van der Waals surface area contributed by atoms with E-state index < -0.39 is 5.91 Å². The van der Waals surface area contributed by atoms with Crippen LogP contribution in [0.25, 0.3) is 39.4 Å². The molecule has 4 aromatic rings. The first-order chi connectivity index (χ1) is 13.6. The number of rotatable bonds is 4. The monoisotopic (exact) mass is 372 g/mol. The number of aromatic hydroxyl groups is 1. The molecule has 1 amide bonds. The van der Waals surface area contributed by atoms with Crippen molar-refractivity contribution in [1.29, 1.82) is 0 Å². The van der Waals surface area contributed by atoms with Gasteiger partial charge in [0.25, 0.3) is 5.91 Å². The lowest BCUT2D eigenvalue weighted by Gasteiger charge is -2.04. The summed E-state index contributed by atoms with van der Waals surface area (Å²) in [4.78, 5) is 11.2. The molecule has 138 valence electrons. The fourth-order valence-corrected chi connectivity index (χ4v) is 2.98. The van der Waals surface area contributed by atoms with Gasteiger partial charge in [0.1, 0.15) is 11.3 Å². The lowest BCUT2D eigenvalue weighted by molar-refractivity contribution is -0.124.